The minimum atomic E-state index is -0.442. The van der Waals surface area contributed by atoms with Crippen LogP contribution in [0.3, 0.4) is 0 Å². The van der Waals surface area contributed by atoms with Gasteiger partial charge in [-0.25, -0.2) is 4.79 Å². The second-order valence-corrected chi connectivity index (χ2v) is 7.90. The summed E-state index contributed by atoms with van der Waals surface area (Å²) in [7, 11) is 1.63. The molecule has 0 bridgehead atoms. The second-order valence-electron chi connectivity index (χ2n) is 7.90. The number of imidazole rings is 2. The monoisotopic (exact) mass is 358 g/mol. The Hall–Kier alpha value is -2.35. The van der Waals surface area contributed by atoms with Crippen molar-refractivity contribution in [1.29, 1.82) is 0 Å². The number of fused-ring (bicyclic) bond motifs is 3. The Kier molecular flexibility index (Phi) is 4.02. The lowest BCUT2D eigenvalue weighted by molar-refractivity contribution is 0.137. The molecule has 4 rings (SSSR count). The van der Waals surface area contributed by atoms with Gasteiger partial charge in [0.15, 0.2) is 11.2 Å². The maximum Gasteiger partial charge on any atom is 0.329 e. The molecule has 4 heterocycles. The van der Waals surface area contributed by atoms with Crippen molar-refractivity contribution in [3.8, 4) is 0 Å². The smallest absolute Gasteiger partial charge is 0.313 e. The fourth-order valence-electron chi connectivity index (χ4n) is 4.41. The predicted octanol–water partition coefficient (Wildman–Crippen LogP) is 0.962. The minimum absolute atomic E-state index is 0.397. The van der Waals surface area contributed by atoms with E-state index in [0.717, 1.165) is 43.7 Å². The lowest BCUT2D eigenvalue weighted by Gasteiger charge is -2.35. The summed E-state index contributed by atoms with van der Waals surface area (Å²) < 4.78 is 5.32. The van der Waals surface area contributed by atoms with Crippen molar-refractivity contribution in [2.45, 2.75) is 33.7 Å². The molecule has 26 heavy (non-hydrogen) atoms. The van der Waals surface area contributed by atoms with Crippen molar-refractivity contribution in [2.75, 3.05) is 19.6 Å². The first kappa shape index (κ1) is 17.1. The molecule has 1 aliphatic heterocycles. The number of nitrogens with one attached hydrogen (secondary N) is 1. The van der Waals surface area contributed by atoms with Gasteiger partial charge in [0.2, 0.25) is 5.78 Å². The molecule has 3 aromatic heterocycles. The van der Waals surface area contributed by atoms with E-state index in [9.17, 15) is 9.59 Å². The van der Waals surface area contributed by atoms with Crippen molar-refractivity contribution in [3.63, 3.8) is 0 Å². The Morgan fingerprint density at radius 1 is 1.19 bits per heavy atom. The standard InChI is InChI=1S/C18H26N6O2/c1-11-7-12(2)9-22(8-11)5-6-23-13(3)10-24-14-15(19-17(23)24)21(4)18(26)20-16(14)25/h10-12H,5-9H2,1-4H3,(H,20,25,26)/t11-,12-/m1/s1. The van der Waals surface area contributed by atoms with Gasteiger partial charge < -0.3 is 9.47 Å². The average Bonchev–Trinajstić information content (AvgIpc) is 3.05. The Balaban J connectivity index is 1.71. The van der Waals surface area contributed by atoms with Gasteiger partial charge in [0.25, 0.3) is 5.56 Å². The lowest BCUT2D eigenvalue weighted by Crippen LogP contribution is -2.40. The molecule has 0 amide bonds. The molecule has 2 atom stereocenters. The molecule has 1 aliphatic rings. The molecular formula is C18H26N6O2. The van der Waals surface area contributed by atoms with Crippen molar-refractivity contribution < 1.29 is 0 Å². The van der Waals surface area contributed by atoms with Crippen LogP contribution in [0.2, 0.25) is 0 Å². The van der Waals surface area contributed by atoms with Gasteiger partial charge in [-0.15, -0.1) is 0 Å². The summed E-state index contributed by atoms with van der Waals surface area (Å²) in [5.41, 5.74) is 1.06. The van der Waals surface area contributed by atoms with Crippen LogP contribution >= 0.6 is 0 Å². The van der Waals surface area contributed by atoms with Crippen LogP contribution < -0.4 is 11.2 Å². The van der Waals surface area contributed by atoms with Crippen LogP contribution in [0.1, 0.15) is 26.0 Å². The Labute approximate surface area is 151 Å². The summed E-state index contributed by atoms with van der Waals surface area (Å²) in [6.07, 6.45) is 3.22. The van der Waals surface area contributed by atoms with Crippen molar-refractivity contribution >= 4 is 16.9 Å². The number of H-pyrrole nitrogens is 1. The van der Waals surface area contributed by atoms with E-state index in [1.807, 2.05) is 13.1 Å². The van der Waals surface area contributed by atoms with Gasteiger partial charge in [0.05, 0.1) is 0 Å². The number of aromatic nitrogens is 5. The maximum atomic E-state index is 12.3. The number of rotatable bonds is 3. The topological polar surface area (TPSA) is 80.3 Å². The normalized spacial score (nSPS) is 21.8. The third-order valence-electron chi connectivity index (χ3n) is 5.50. The van der Waals surface area contributed by atoms with E-state index >= 15 is 0 Å². The van der Waals surface area contributed by atoms with Gasteiger partial charge in [0, 0.05) is 45.1 Å². The van der Waals surface area contributed by atoms with Crippen LogP contribution in [0, 0.1) is 18.8 Å². The van der Waals surface area contributed by atoms with E-state index in [0.29, 0.717) is 16.9 Å². The summed E-state index contributed by atoms with van der Waals surface area (Å²) in [5.74, 6) is 2.17. The second kappa shape index (κ2) is 6.12. The highest BCUT2D eigenvalue weighted by molar-refractivity contribution is 5.75. The van der Waals surface area contributed by atoms with E-state index < -0.39 is 11.2 Å². The largest absolute Gasteiger partial charge is 0.329 e. The summed E-state index contributed by atoms with van der Waals surface area (Å²) in [6, 6.07) is 0. The Morgan fingerprint density at radius 3 is 2.58 bits per heavy atom. The molecule has 0 saturated carbocycles. The molecule has 0 spiro atoms. The van der Waals surface area contributed by atoms with E-state index in [2.05, 4.69) is 33.3 Å². The molecule has 1 fully saturated rings. The molecule has 0 unspecified atom stereocenters. The maximum absolute atomic E-state index is 12.3. The summed E-state index contributed by atoms with van der Waals surface area (Å²) >= 11 is 0. The first-order valence-corrected chi connectivity index (χ1v) is 9.24. The van der Waals surface area contributed by atoms with E-state index in [-0.39, 0.29) is 0 Å². The van der Waals surface area contributed by atoms with Gasteiger partial charge in [-0.1, -0.05) is 13.8 Å². The first-order chi connectivity index (χ1) is 12.3. The summed E-state index contributed by atoms with van der Waals surface area (Å²) in [5, 5.41) is 0. The van der Waals surface area contributed by atoms with Crippen molar-refractivity contribution in [3.05, 3.63) is 32.7 Å². The number of aryl methyl sites for hydroxylation is 2. The van der Waals surface area contributed by atoms with Crippen molar-refractivity contribution in [2.24, 2.45) is 18.9 Å². The van der Waals surface area contributed by atoms with E-state index in [1.54, 1.807) is 11.4 Å². The van der Waals surface area contributed by atoms with Crippen LogP contribution in [-0.4, -0.2) is 48.0 Å². The van der Waals surface area contributed by atoms with E-state index in [4.69, 9.17) is 0 Å². The van der Waals surface area contributed by atoms with Gasteiger partial charge in [-0.2, -0.15) is 4.98 Å². The zero-order valence-electron chi connectivity index (χ0n) is 15.8. The Morgan fingerprint density at radius 2 is 1.88 bits per heavy atom. The van der Waals surface area contributed by atoms with Crippen LogP contribution in [0.25, 0.3) is 16.9 Å². The summed E-state index contributed by atoms with van der Waals surface area (Å²) in [6.45, 7) is 10.7. The number of piperidine rings is 1. The zero-order chi connectivity index (χ0) is 18.6. The van der Waals surface area contributed by atoms with E-state index in [1.165, 1.54) is 11.0 Å². The summed E-state index contributed by atoms with van der Waals surface area (Å²) in [4.78, 5) is 33.6. The fraction of sp³-hybridized carbons (Fsp3) is 0.611. The van der Waals surface area contributed by atoms with Crippen LogP contribution in [0.5, 0.6) is 0 Å². The average molecular weight is 358 g/mol. The molecule has 140 valence electrons. The minimum Gasteiger partial charge on any atom is -0.313 e. The predicted molar refractivity (Wildman–Crippen MR) is 101 cm³/mol. The van der Waals surface area contributed by atoms with Gasteiger partial charge in [-0.3, -0.25) is 18.7 Å². The molecule has 0 aromatic carbocycles. The molecule has 0 radical (unpaired) electrons. The number of hydrogen-bond acceptors (Lipinski definition) is 4. The zero-order valence-corrected chi connectivity index (χ0v) is 15.8. The molecular weight excluding hydrogens is 332 g/mol. The number of hydrogen-bond donors (Lipinski definition) is 1. The van der Waals surface area contributed by atoms with Crippen LogP contribution in [0.15, 0.2) is 15.8 Å². The molecule has 1 N–H and O–H groups in total. The third kappa shape index (κ3) is 2.68. The van der Waals surface area contributed by atoms with Crippen LogP contribution in [-0.2, 0) is 13.6 Å². The highest BCUT2D eigenvalue weighted by Crippen LogP contribution is 2.21. The SMILES string of the molecule is Cc1cn2c3c(=O)[nH]c(=O)n(C)c3nc2n1CCN1C[C@H](C)C[C@@H](C)C1. The van der Waals surface area contributed by atoms with Gasteiger partial charge in [0.1, 0.15) is 0 Å². The van der Waals surface area contributed by atoms with Crippen LogP contribution in [0.4, 0.5) is 0 Å². The molecule has 8 heteroatoms. The highest BCUT2D eigenvalue weighted by Gasteiger charge is 2.22. The third-order valence-corrected chi connectivity index (χ3v) is 5.50. The molecule has 1 saturated heterocycles. The lowest BCUT2D eigenvalue weighted by atomic mass is 9.92. The van der Waals surface area contributed by atoms with Gasteiger partial charge >= 0.3 is 5.69 Å². The molecule has 3 aromatic rings. The van der Waals surface area contributed by atoms with Gasteiger partial charge in [-0.05, 0) is 25.2 Å². The highest BCUT2D eigenvalue weighted by atomic mass is 16.2. The fourth-order valence-corrected chi connectivity index (χ4v) is 4.41. The number of nitrogens with zero attached hydrogens (tertiary/aromatic N) is 5. The quantitative estimate of drug-likeness (QED) is 0.756. The van der Waals surface area contributed by atoms with Crippen molar-refractivity contribution in [1.82, 2.24) is 28.4 Å². The first-order valence-electron chi connectivity index (χ1n) is 9.24. The molecule has 8 nitrogen and oxygen atoms in total. The Bertz CT molecular complexity index is 1080. The number of aromatic amines is 1. The molecule has 0 aliphatic carbocycles. The number of likely N-dealkylation sites (tertiary alicyclic amines) is 1.